The number of furan rings is 1. The molecule has 0 aliphatic heterocycles. The molecular formula is C50H32N4O. The second kappa shape index (κ2) is 13.8. The molecule has 0 saturated carbocycles. The average Bonchev–Trinajstić information content (AvgIpc) is 3.67. The number of hydrogen-bond donors (Lipinski definition) is 0. The van der Waals surface area contributed by atoms with E-state index in [1.807, 2.05) is 48.7 Å². The molecule has 0 atom stereocenters. The van der Waals surface area contributed by atoms with Crippen molar-refractivity contribution in [2.45, 2.75) is 0 Å². The molecule has 10 rings (SSSR count). The first-order valence-electron chi connectivity index (χ1n) is 18.3. The van der Waals surface area contributed by atoms with E-state index in [-0.39, 0.29) is 0 Å². The lowest BCUT2D eigenvalue weighted by molar-refractivity contribution is 0.671. The molecule has 0 radical (unpaired) electrons. The highest BCUT2D eigenvalue weighted by atomic mass is 16.3. The molecule has 0 spiro atoms. The summed E-state index contributed by atoms with van der Waals surface area (Å²) in [6.45, 7) is 0. The van der Waals surface area contributed by atoms with Crippen molar-refractivity contribution < 1.29 is 4.42 Å². The Bertz CT molecular complexity index is 2920. The van der Waals surface area contributed by atoms with Gasteiger partial charge in [0.1, 0.15) is 11.2 Å². The molecule has 0 fully saturated rings. The van der Waals surface area contributed by atoms with Crippen LogP contribution in [0.4, 0.5) is 0 Å². The van der Waals surface area contributed by atoms with Gasteiger partial charge in [0.05, 0.1) is 0 Å². The van der Waals surface area contributed by atoms with Crippen LogP contribution >= 0.6 is 0 Å². The highest BCUT2D eigenvalue weighted by molar-refractivity contribution is 6.13. The zero-order valence-corrected chi connectivity index (χ0v) is 29.7. The third-order valence-corrected chi connectivity index (χ3v) is 10.1. The van der Waals surface area contributed by atoms with Gasteiger partial charge in [-0.3, -0.25) is 4.98 Å². The highest BCUT2D eigenvalue weighted by Gasteiger charge is 2.17. The zero-order valence-electron chi connectivity index (χ0n) is 29.7. The lowest BCUT2D eigenvalue weighted by Gasteiger charge is -2.10. The Balaban J connectivity index is 1.01. The largest absolute Gasteiger partial charge is 0.455 e. The van der Waals surface area contributed by atoms with Crippen LogP contribution in [0.2, 0.25) is 0 Å². The molecule has 0 amide bonds. The van der Waals surface area contributed by atoms with Gasteiger partial charge < -0.3 is 4.42 Å². The van der Waals surface area contributed by atoms with Gasteiger partial charge in [-0.25, -0.2) is 15.0 Å². The summed E-state index contributed by atoms with van der Waals surface area (Å²) in [7, 11) is 0. The van der Waals surface area contributed by atoms with Crippen molar-refractivity contribution in [2.75, 3.05) is 0 Å². The Morgan fingerprint density at radius 2 is 0.673 bits per heavy atom. The van der Waals surface area contributed by atoms with Gasteiger partial charge in [-0.1, -0.05) is 176 Å². The first-order valence-corrected chi connectivity index (χ1v) is 18.3. The van der Waals surface area contributed by atoms with Crippen LogP contribution in [0.15, 0.2) is 199 Å². The van der Waals surface area contributed by atoms with Gasteiger partial charge >= 0.3 is 0 Å². The van der Waals surface area contributed by atoms with Crippen molar-refractivity contribution in [3.63, 3.8) is 0 Å². The van der Waals surface area contributed by atoms with Gasteiger partial charge in [-0.05, 0) is 39.4 Å². The third kappa shape index (κ3) is 6.14. The number of rotatable bonds is 7. The number of benzene rings is 7. The molecule has 0 N–H and O–H groups in total. The van der Waals surface area contributed by atoms with Crippen LogP contribution in [0.3, 0.4) is 0 Å². The fourth-order valence-electron chi connectivity index (χ4n) is 7.24. The highest BCUT2D eigenvalue weighted by Crippen LogP contribution is 2.40. The smallest absolute Gasteiger partial charge is 0.164 e. The van der Waals surface area contributed by atoms with Crippen LogP contribution < -0.4 is 0 Å². The zero-order chi connectivity index (χ0) is 36.6. The van der Waals surface area contributed by atoms with Gasteiger partial charge in [0.25, 0.3) is 0 Å². The summed E-state index contributed by atoms with van der Waals surface area (Å²) >= 11 is 0. The molecule has 7 aromatic carbocycles. The minimum absolute atomic E-state index is 0.615. The van der Waals surface area contributed by atoms with Gasteiger partial charge in [0.2, 0.25) is 0 Å². The van der Waals surface area contributed by atoms with Crippen molar-refractivity contribution in [1.82, 2.24) is 19.9 Å². The van der Waals surface area contributed by atoms with E-state index >= 15 is 0 Å². The number of hydrogen-bond acceptors (Lipinski definition) is 5. The summed E-state index contributed by atoms with van der Waals surface area (Å²) < 4.78 is 6.78. The summed E-state index contributed by atoms with van der Waals surface area (Å²) in [4.78, 5) is 19.2. The molecule has 0 aliphatic rings. The van der Waals surface area contributed by atoms with Gasteiger partial charge in [-0.2, -0.15) is 0 Å². The molecule has 5 nitrogen and oxygen atoms in total. The normalized spacial score (nSPS) is 11.3. The third-order valence-electron chi connectivity index (χ3n) is 10.1. The summed E-state index contributed by atoms with van der Waals surface area (Å²) in [5, 5.41) is 2.17. The van der Waals surface area contributed by atoms with Crippen LogP contribution in [-0.2, 0) is 0 Å². The Kier molecular flexibility index (Phi) is 8.08. The number of para-hydroxylation sites is 2. The molecule has 3 aromatic heterocycles. The van der Waals surface area contributed by atoms with Crippen LogP contribution in [-0.4, -0.2) is 19.9 Å². The van der Waals surface area contributed by atoms with Crippen LogP contribution in [0.25, 0.3) is 101 Å². The van der Waals surface area contributed by atoms with E-state index in [1.165, 1.54) is 5.56 Å². The van der Waals surface area contributed by atoms with E-state index in [0.29, 0.717) is 17.5 Å². The maximum Gasteiger partial charge on any atom is 0.164 e. The van der Waals surface area contributed by atoms with E-state index in [9.17, 15) is 0 Å². The molecule has 5 heteroatoms. The fourth-order valence-corrected chi connectivity index (χ4v) is 7.24. The quantitative estimate of drug-likeness (QED) is 0.165. The van der Waals surface area contributed by atoms with Crippen molar-refractivity contribution in [1.29, 1.82) is 0 Å². The van der Waals surface area contributed by atoms with Gasteiger partial charge in [0, 0.05) is 51.0 Å². The van der Waals surface area contributed by atoms with Crippen LogP contribution in [0.5, 0.6) is 0 Å². The Morgan fingerprint density at radius 1 is 0.291 bits per heavy atom. The standard InChI is InChI=1S/C50H32N4O/c1-3-10-33(11-4-1)34-21-27-39(28-22-34)49-52-48(38-12-5-2-6-13-38)53-50(54-49)40-29-25-37(26-30-40)43-16-8-18-45-44-17-7-15-42(46(44)55-47(43)45)36-23-19-35(20-24-36)41-14-9-31-51-32-41/h1-32H. The molecule has 0 saturated heterocycles. The van der Waals surface area contributed by atoms with E-state index in [0.717, 1.165) is 77.6 Å². The number of fused-ring (bicyclic) bond motifs is 3. The van der Waals surface area contributed by atoms with E-state index < -0.39 is 0 Å². The van der Waals surface area contributed by atoms with Gasteiger partial charge in [0.15, 0.2) is 17.5 Å². The number of pyridine rings is 1. The first kappa shape index (κ1) is 32.2. The second-order valence-corrected chi connectivity index (χ2v) is 13.5. The Labute approximate surface area is 318 Å². The van der Waals surface area contributed by atoms with Crippen molar-refractivity contribution in [3.8, 4) is 78.7 Å². The van der Waals surface area contributed by atoms with Crippen LogP contribution in [0, 0.1) is 0 Å². The number of nitrogens with zero attached hydrogens (tertiary/aromatic N) is 4. The summed E-state index contributed by atoms with van der Waals surface area (Å²) in [6, 6.07) is 62.6. The molecular weight excluding hydrogens is 673 g/mol. The lowest BCUT2D eigenvalue weighted by Crippen LogP contribution is -2.00. The molecule has 3 heterocycles. The summed E-state index contributed by atoms with van der Waals surface area (Å²) in [5.74, 6) is 1.87. The SMILES string of the molecule is c1ccc(-c2ccc(-c3nc(-c4ccccc4)nc(-c4ccc(-c5cccc6c5oc5c(-c7ccc(-c8cccnc8)cc7)cccc56)cc4)n3)cc2)cc1. The second-order valence-electron chi connectivity index (χ2n) is 13.5. The summed E-state index contributed by atoms with van der Waals surface area (Å²) in [5.41, 5.74) is 13.3. The predicted molar refractivity (Wildman–Crippen MR) is 223 cm³/mol. The molecule has 258 valence electrons. The van der Waals surface area contributed by atoms with Crippen molar-refractivity contribution in [3.05, 3.63) is 194 Å². The first-order chi connectivity index (χ1) is 27.2. The molecule has 55 heavy (non-hydrogen) atoms. The number of aromatic nitrogens is 4. The predicted octanol–water partition coefficient (Wildman–Crippen LogP) is 12.8. The maximum atomic E-state index is 6.78. The maximum absolute atomic E-state index is 6.78. The van der Waals surface area contributed by atoms with E-state index in [2.05, 4.69) is 145 Å². The lowest BCUT2D eigenvalue weighted by atomic mass is 9.98. The van der Waals surface area contributed by atoms with Crippen molar-refractivity contribution >= 4 is 21.9 Å². The molecule has 0 aliphatic carbocycles. The molecule has 0 bridgehead atoms. The monoisotopic (exact) mass is 704 g/mol. The Hall–Kier alpha value is -7.50. The fraction of sp³-hybridized carbons (Fsp3) is 0. The Morgan fingerprint density at radius 3 is 1.15 bits per heavy atom. The van der Waals surface area contributed by atoms with Crippen molar-refractivity contribution in [2.24, 2.45) is 0 Å². The molecule has 0 unspecified atom stereocenters. The topological polar surface area (TPSA) is 64.7 Å². The minimum Gasteiger partial charge on any atom is -0.455 e. The minimum atomic E-state index is 0.615. The van der Waals surface area contributed by atoms with E-state index in [4.69, 9.17) is 19.4 Å². The van der Waals surface area contributed by atoms with E-state index in [1.54, 1.807) is 6.20 Å². The van der Waals surface area contributed by atoms with Gasteiger partial charge in [-0.15, -0.1) is 0 Å². The average molecular weight is 705 g/mol. The molecule has 10 aromatic rings. The van der Waals surface area contributed by atoms with Crippen LogP contribution in [0.1, 0.15) is 0 Å². The summed E-state index contributed by atoms with van der Waals surface area (Å²) in [6.07, 6.45) is 3.68.